The van der Waals surface area contributed by atoms with Crippen molar-refractivity contribution >= 4 is 29.9 Å². The van der Waals surface area contributed by atoms with Crippen molar-refractivity contribution in [2.24, 2.45) is 18.0 Å². The van der Waals surface area contributed by atoms with E-state index in [1.165, 1.54) is 25.7 Å². The zero-order chi connectivity index (χ0) is 17.6. The van der Waals surface area contributed by atoms with Crippen LogP contribution in [0.2, 0.25) is 0 Å². The topological polar surface area (TPSA) is 57.5 Å². The summed E-state index contributed by atoms with van der Waals surface area (Å²) >= 11 is 0. The van der Waals surface area contributed by atoms with Gasteiger partial charge in [0.2, 0.25) is 0 Å². The summed E-state index contributed by atoms with van der Waals surface area (Å²) < 4.78 is 1.87. The number of hydrogen-bond acceptors (Lipinski definition) is 3. The van der Waals surface area contributed by atoms with E-state index >= 15 is 0 Å². The number of aryl methyl sites for hydroxylation is 1. The van der Waals surface area contributed by atoms with Crippen LogP contribution in [0.1, 0.15) is 45.2 Å². The number of aliphatic imine (C=N–C) groups is 1. The number of guanidine groups is 1. The summed E-state index contributed by atoms with van der Waals surface area (Å²) in [4.78, 5) is 7.13. The summed E-state index contributed by atoms with van der Waals surface area (Å²) in [5.74, 6) is 1.68. The third-order valence-corrected chi connectivity index (χ3v) is 5.27. The molecule has 2 atom stereocenters. The average Bonchev–Trinajstić information content (AvgIpc) is 2.95. The fourth-order valence-electron chi connectivity index (χ4n) is 3.66. The summed E-state index contributed by atoms with van der Waals surface area (Å²) in [7, 11) is 6.37. The molecule has 1 aliphatic rings. The predicted molar refractivity (Wildman–Crippen MR) is 115 cm³/mol. The summed E-state index contributed by atoms with van der Waals surface area (Å²) in [6.07, 6.45) is 6.97. The largest absolute Gasteiger partial charge is 0.357 e. The Hall–Kier alpha value is -0.830. The van der Waals surface area contributed by atoms with E-state index in [0.717, 1.165) is 30.7 Å². The Morgan fingerprint density at radius 3 is 2.76 bits per heavy atom. The van der Waals surface area contributed by atoms with Gasteiger partial charge in [-0.25, -0.2) is 4.99 Å². The van der Waals surface area contributed by atoms with E-state index in [4.69, 9.17) is 4.99 Å². The van der Waals surface area contributed by atoms with Crippen molar-refractivity contribution in [3.63, 3.8) is 0 Å². The lowest BCUT2D eigenvalue weighted by atomic mass is 9.75. The molecule has 2 N–H and O–H groups in total. The summed E-state index contributed by atoms with van der Waals surface area (Å²) in [5.41, 5.74) is 1.33. The Kier molecular flexibility index (Phi) is 9.20. The van der Waals surface area contributed by atoms with Gasteiger partial charge in [-0.05, 0) is 45.8 Å². The first-order valence-electron chi connectivity index (χ1n) is 9.13. The molecular weight excluding hydrogens is 427 g/mol. The quantitative estimate of drug-likeness (QED) is 0.388. The highest BCUT2D eigenvalue weighted by Gasteiger charge is 2.36. The molecule has 6 nitrogen and oxygen atoms in total. The third-order valence-electron chi connectivity index (χ3n) is 5.27. The lowest BCUT2D eigenvalue weighted by Crippen LogP contribution is -2.56. The van der Waals surface area contributed by atoms with Gasteiger partial charge in [-0.2, -0.15) is 5.10 Å². The van der Waals surface area contributed by atoms with Gasteiger partial charge in [0.05, 0.1) is 12.2 Å². The van der Waals surface area contributed by atoms with Crippen LogP contribution in [-0.4, -0.2) is 53.4 Å². The Bertz CT molecular complexity index is 541. The second kappa shape index (κ2) is 10.4. The highest BCUT2D eigenvalue weighted by Crippen LogP contribution is 2.35. The van der Waals surface area contributed by atoms with Gasteiger partial charge >= 0.3 is 0 Å². The van der Waals surface area contributed by atoms with E-state index in [2.05, 4.69) is 48.6 Å². The second-order valence-corrected chi connectivity index (χ2v) is 7.32. The summed E-state index contributed by atoms with van der Waals surface area (Å²) in [5, 5.41) is 11.1. The molecule has 0 aromatic carbocycles. The summed E-state index contributed by atoms with van der Waals surface area (Å²) in [6.45, 7) is 6.91. The SMILES string of the molecule is CCNC(=NCc1ccnn1C)NCC1(N(C)C)CCCC(C)C1.I. The van der Waals surface area contributed by atoms with Gasteiger partial charge in [0.25, 0.3) is 0 Å². The minimum absolute atomic E-state index is 0. The molecular formula is C18H35IN6. The molecule has 0 aliphatic heterocycles. The van der Waals surface area contributed by atoms with Crippen LogP contribution in [0, 0.1) is 5.92 Å². The standard InChI is InChI=1S/C18H34N6.HI/c1-6-19-17(20-13-16-9-11-22-24(16)5)21-14-18(23(3)4)10-7-8-15(2)12-18;/h9,11,15H,6-8,10,12-14H2,1-5H3,(H2,19,20,21);1H. The molecule has 1 aromatic heterocycles. The van der Waals surface area contributed by atoms with Gasteiger partial charge in [-0.1, -0.05) is 19.8 Å². The van der Waals surface area contributed by atoms with Crippen molar-refractivity contribution < 1.29 is 0 Å². The molecule has 1 heterocycles. The normalized spacial score (nSPS) is 24.1. The monoisotopic (exact) mass is 462 g/mol. The van der Waals surface area contributed by atoms with Crippen LogP contribution >= 0.6 is 24.0 Å². The highest BCUT2D eigenvalue weighted by molar-refractivity contribution is 14.0. The lowest BCUT2D eigenvalue weighted by Gasteiger charge is -2.45. The molecule has 2 rings (SSSR count). The fourth-order valence-corrected chi connectivity index (χ4v) is 3.66. The Morgan fingerprint density at radius 1 is 1.44 bits per heavy atom. The van der Waals surface area contributed by atoms with Crippen molar-refractivity contribution in [1.82, 2.24) is 25.3 Å². The lowest BCUT2D eigenvalue weighted by molar-refractivity contribution is 0.0795. The molecule has 7 heteroatoms. The molecule has 0 bridgehead atoms. The maximum Gasteiger partial charge on any atom is 0.191 e. The number of rotatable bonds is 6. The number of nitrogens with one attached hydrogen (secondary N) is 2. The van der Waals surface area contributed by atoms with Crippen molar-refractivity contribution in [2.75, 3.05) is 27.2 Å². The molecule has 0 saturated heterocycles. The van der Waals surface area contributed by atoms with E-state index in [0.29, 0.717) is 6.54 Å². The molecule has 1 aliphatic carbocycles. The van der Waals surface area contributed by atoms with Gasteiger partial charge in [-0.15, -0.1) is 24.0 Å². The van der Waals surface area contributed by atoms with E-state index in [1.54, 1.807) is 0 Å². The van der Waals surface area contributed by atoms with Crippen LogP contribution in [0.15, 0.2) is 17.3 Å². The van der Waals surface area contributed by atoms with Crippen LogP contribution in [0.5, 0.6) is 0 Å². The van der Waals surface area contributed by atoms with Crippen LogP contribution in [0.4, 0.5) is 0 Å². The number of likely N-dealkylation sites (N-methyl/N-ethyl adjacent to an activating group) is 1. The first-order valence-corrected chi connectivity index (χ1v) is 9.13. The zero-order valence-electron chi connectivity index (χ0n) is 16.4. The molecule has 0 spiro atoms. The molecule has 1 aromatic rings. The predicted octanol–water partition coefficient (Wildman–Crippen LogP) is 2.60. The number of hydrogen-bond donors (Lipinski definition) is 2. The van der Waals surface area contributed by atoms with Crippen molar-refractivity contribution in [2.45, 2.75) is 51.6 Å². The van der Waals surface area contributed by atoms with Crippen LogP contribution in [-0.2, 0) is 13.6 Å². The highest BCUT2D eigenvalue weighted by atomic mass is 127. The van der Waals surface area contributed by atoms with E-state index in [1.807, 2.05) is 24.0 Å². The Labute approximate surface area is 169 Å². The molecule has 2 unspecified atom stereocenters. The van der Waals surface area contributed by atoms with Crippen LogP contribution in [0.3, 0.4) is 0 Å². The smallest absolute Gasteiger partial charge is 0.191 e. The Balaban J connectivity index is 0.00000312. The molecule has 0 amide bonds. The number of nitrogens with zero attached hydrogens (tertiary/aromatic N) is 4. The van der Waals surface area contributed by atoms with Crippen LogP contribution < -0.4 is 10.6 Å². The molecule has 25 heavy (non-hydrogen) atoms. The molecule has 144 valence electrons. The van der Waals surface area contributed by atoms with Crippen molar-refractivity contribution in [1.29, 1.82) is 0 Å². The van der Waals surface area contributed by atoms with Crippen molar-refractivity contribution in [3.05, 3.63) is 18.0 Å². The fraction of sp³-hybridized carbons (Fsp3) is 0.778. The maximum absolute atomic E-state index is 4.73. The first-order chi connectivity index (χ1) is 11.5. The number of halogens is 1. The van der Waals surface area contributed by atoms with Gasteiger partial charge in [0.15, 0.2) is 5.96 Å². The first kappa shape index (κ1) is 22.2. The third kappa shape index (κ3) is 6.13. The van der Waals surface area contributed by atoms with Crippen LogP contribution in [0.25, 0.3) is 0 Å². The zero-order valence-corrected chi connectivity index (χ0v) is 18.7. The van der Waals surface area contributed by atoms with E-state index < -0.39 is 0 Å². The Morgan fingerprint density at radius 2 is 2.20 bits per heavy atom. The minimum atomic E-state index is 0. The molecule has 1 saturated carbocycles. The van der Waals surface area contributed by atoms with Gasteiger partial charge in [-0.3, -0.25) is 4.68 Å². The molecule has 0 radical (unpaired) electrons. The average molecular weight is 462 g/mol. The number of aromatic nitrogens is 2. The van der Waals surface area contributed by atoms with Gasteiger partial charge in [0, 0.05) is 31.9 Å². The summed E-state index contributed by atoms with van der Waals surface area (Å²) in [6, 6.07) is 2.01. The van der Waals surface area contributed by atoms with Gasteiger partial charge in [0.1, 0.15) is 0 Å². The van der Waals surface area contributed by atoms with Gasteiger partial charge < -0.3 is 15.5 Å². The molecule has 1 fully saturated rings. The van der Waals surface area contributed by atoms with E-state index in [-0.39, 0.29) is 29.5 Å². The maximum atomic E-state index is 4.73. The second-order valence-electron chi connectivity index (χ2n) is 7.32. The van der Waals surface area contributed by atoms with Crippen molar-refractivity contribution in [3.8, 4) is 0 Å². The van der Waals surface area contributed by atoms with E-state index in [9.17, 15) is 0 Å². The minimum Gasteiger partial charge on any atom is -0.357 e.